The van der Waals surface area contributed by atoms with Gasteiger partial charge in [0.1, 0.15) is 0 Å². The highest BCUT2D eigenvalue weighted by Gasteiger charge is 2.41. The molecule has 19 heavy (non-hydrogen) atoms. The van der Waals surface area contributed by atoms with Gasteiger partial charge in [-0.05, 0) is 33.6 Å². The molecule has 0 aromatic heterocycles. The zero-order valence-electron chi connectivity index (χ0n) is 12.6. The molecule has 1 aliphatic heterocycles. The van der Waals surface area contributed by atoms with E-state index in [2.05, 4.69) is 12.2 Å². The molecule has 5 heteroatoms. The summed E-state index contributed by atoms with van der Waals surface area (Å²) in [5.74, 6) is 0.153. The normalized spacial score (nSPS) is 30.8. The number of carbonyl (C=O) groups excluding carboxylic acids is 1. The monoisotopic (exact) mass is 273 g/mol. The van der Waals surface area contributed by atoms with Crippen molar-refractivity contribution in [1.29, 1.82) is 0 Å². The van der Waals surface area contributed by atoms with Gasteiger partial charge in [-0.25, -0.2) is 0 Å². The Kier molecular flexibility index (Phi) is 6.75. The van der Waals surface area contributed by atoms with Gasteiger partial charge in [-0.1, -0.05) is 6.92 Å². The molecule has 1 N–H and O–H groups in total. The van der Waals surface area contributed by atoms with Crippen molar-refractivity contribution in [1.82, 2.24) is 5.32 Å². The lowest BCUT2D eigenvalue weighted by molar-refractivity contribution is -0.143. The van der Waals surface area contributed by atoms with E-state index in [1.807, 2.05) is 27.7 Å². The Bertz CT molecular complexity index is 279. The fraction of sp³-hybridized carbons (Fsp3) is 0.929. The number of rotatable bonds is 7. The molecule has 1 heterocycles. The minimum Gasteiger partial charge on any atom is -0.374 e. The first-order chi connectivity index (χ1) is 9.01. The Morgan fingerprint density at radius 3 is 2.16 bits per heavy atom. The fourth-order valence-electron chi connectivity index (χ4n) is 2.56. The van der Waals surface area contributed by atoms with Crippen LogP contribution in [0.25, 0.3) is 0 Å². The van der Waals surface area contributed by atoms with Crippen LogP contribution >= 0.6 is 0 Å². The van der Waals surface area contributed by atoms with Crippen molar-refractivity contribution in [2.45, 2.75) is 53.1 Å². The van der Waals surface area contributed by atoms with Gasteiger partial charge in [-0.2, -0.15) is 0 Å². The molecule has 1 aliphatic rings. The van der Waals surface area contributed by atoms with Crippen molar-refractivity contribution in [2.75, 3.05) is 19.8 Å². The van der Waals surface area contributed by atoms with Crippen LogP contribution in [0.1, 0.15) is 34.6 Å². The molecule has 0 bridgehead atoms. The third kappa shape index (κ3) is 4.44. The van der Waals surface area contributed by atoms with E-state index in [1.54, 1.807) is 0 Å². The number of nitrogens with one attached hydrogen (secondary N) is 1. The third-order valence-electron chi connectivity index (χ3n) is 3.69. The van der Waals surface area contributed by atoms with Gasteiger partial charge in [-0.3, -0.25) is 4.79 Å². The Balaban J connectivity index is 2.45. The van der Waals surface area contributed by atoms with Crippen LogP contribution in [-0.4, -0.2) is 44.2 Å². The predicted octanol–water partition coefficient (Wildman–Crippen LogP) is 1.56. The molecule has 1 amide bonds. The van der Waals surface area contributed by atoms with E-state index >= 15 is 0 Å². The van der Waals surface area contributed by atoms with Crippen LogP contribution in [-0.2, 0) is 19.0 Å². The van der Waals surface area contributed by atoms with Crippen molar-refractivity contribution in [2.24, 2.45) is 11.8 Å². The highest BCUT2D eigenvalue weighted by atomic mass is 16.7. The summed E-state index contributed by atoms with van der Waals surface area (Å²) >= 11 is 0. The molecule has 0 spiro atoms. The largest absolute Gasteiger partial charge is 0.374 e. The molecular formula is C14H27NO4. The zero-order valence-corrected chi connectivity index (χ0v) is 12.6. The number of hydrogen-bond donors (Lipinski definition) is 1. The summed E-state index contributed by atoms with van der Waals surface area (Å²) in [6.07, 6.45) is -0.285. The molecular weight excluding hydrogens is 246 g/mol. The van der Waals surface area contributed by atoms with Crippen molar-refractivity contribution >= 4 is 5.91 Å². The number of hydrogen-bond acceptors (Lipinski definition) is 4. The van der Waals surface area contributed by atoms with Crippen LogP contribution < -0.4 is 5.32 Å². The second-order valence-corrected chi connectivity index (χ2v) is 5.02. The molecule has 1 rings (SSSR count). The molecule has 1 saturated heterocycles. The van der Waals surface area contributed by atoms with Crippen LogP contribution in [0.2, 0.25) is 0 Å². The van der Waals surface area contributed by atoms with Crippen molar-refractivity contribution in [3.8, 4) is 0 Å². The topological polar surface area (TPSA) is 56.8 Å². The zero-order chi connectivity index (χ0) is 14.4. The van der Waals surface area contributed by atoms with Gasteiger partial charge < -0.3 is 19.5 Å². The van der Waals surface area contributed by atoms with Gasteiger partial charge >= 0.3 is 0 Å². The molecule has 0 aromatic rings. The lowest BCUT2D eigenvalue weighted by Crippen LogP contribution is -2.42. The SMILES string of the molecule is CCOC(CNC(=O)C1C(C)OC(C)C1C)OCC. The van der Waals surface area contributed by atoms with Crippen molar-refractivity contribution in [3.63, 3.8) is 0 Å². The van der Waals surface area contributed by atoms with E-state index in [9.17, 15) is 4.79 Å². The van der Waals surface area contributed by atoms with Gasteiger partial charge in [0.2, 0.25) is 5.91 Å². The van der Waals surface area contributed by atoms with Gasteiger partial charge in [0.05, 0.1) is 24.7 Å². The summed E-state index contributed by atoms with van der Waals surface area (Å²) in [4.78, 5) is 12.2. The van der Waals surface area contributed by atoms with Crippen LogP contribution in [0.4, 0.5) is 0 Å². The first-order valence-electron chi connectivity index (χ1n) is 7.17. The second-order valence-electron chi connectivity index (χ2n) is 5.02. The highest BCUT2D eigenvalue weighted by molar-refractivity contribution is 5.79. The number of carbonyl (C=O) groups is 1. The molecule has 0 saturated carbocycles. The minimum atomic E-state index is -0.371. The van der Waals surface area contributed by atoms with E-state index in [0.29, 0.717) is 19.8 Å². The number of amides is 1. The van der Waals surface area contributed by atoms with Crippen LogP contribution in [0.3, 0.4) is 0 Å². The highest BCUT2D eigenvalue weighted by Crippen LogP contribution is 2.32. The first-order valence-corrected chi connectivity index (χ1v) is 7.17. The predicted molar refractivity (Wildman–Crippen MR) is 72.7 cm³/mol. The van der Waals surface area contributed by atoms with E-state index in [1.165, 1.54) is 0 Å². The van der Waals surface area contributed by atoms with Crippen molar-refractivity contribution in [3.05, 3.63) is 0 Å². The summed E-state index contributed by atoms with van der Waals surface area (Å²) in [6.45, 7) is 11.3. The third-order valence-corrected chi connectivity index (χ3v) is 3.69. The van der Waals surface area contributed by atoms with Gasteiger partial charge in [-0.15, -0.1) is 0 Å². The van der Waals surface area contributed by atoms with Gasteiger partial charge in [0.25, 0.3) is 0 Å². The summed E-state index contributed by atoms with van der Waals surface area (Å²) in [6, 6.07) is 0. The smallest absolute Gasteiger partial charge is 0.226 e. The maximum atomic E-state index is 12.2. The Hall–Kier alpha value is -0.650. The maximum absolute atomic E-state index is 12.2. The molecule has 0 aliphatic carbocycles. The molecule has 4 atom stereocenters. The standard InChI is InChI=1S/C14H27NO4/c1-6-17-12(18-7-2)8-15-14(16)13-9(3)10(4)19-11(13)5/h9-13H,6-8H2,1-5H3,(H,15,16). The molecule has 0 radical (unpaired) electrons. The second kappa shape index (κ2) is 7.82. The summed E-state index contributed by atoms with van der Waals surface area (Å²) in [5.41, 5.74) is 0. The van der Waals surface area contributed by atoms with Crippen molar-refractivity contribution < 1.29 is 19.0 Å². The average Bonchev–Trinajstić information content (AvgIpc) is 2.61. The molecule has 4 unspecified atom stereocenters. The Labute approximate surface area is 116 Å². The Morgan fingerprint density at radius 2 is 1.74 bits per heavy atom. The van der Waals surface area contributed by atoms with E-state index in [0.717, 1.165) is 0 Å². The van der Waals surface area contributed by atoms with E-state index in [4.69, 9.17) is 14.2 Å². The average molecular weight is 273 g/mol. The number of ether oxygens (including phenoxy) is 3. The van der Waals surface area contributed by atoms with Crippen LogP contribution in [0.5, 0.6) is 0 Å². The molecule has 5 nitrogen and oxygen atoms in total. The van der Waals surface area contributed by atoms with Crippen LogP contribution in [0, 0.1) is 11.8 Å². The molecule has 0 aromatic carbocycles. The first kappa shape index (κ1) is 16.4. The maximum Gasteiger partial charge on any atom is 0.226 e. The summed E-state index contributed by atoms with van der Waals surface area (Å²) in [7, 11) is 0. The van der Waals surface area contributed by atoms with Gasteiger partial charge in [0.15, 0.2) is 6.29 Å². The summed E-state index contributed by atoms with van der Waals surface area (Å²) in [5, 5.41) is 2.91. The Morgan fingerprint density at radius 1 is 1.16 bits per heavy atom. The summed E-state index contributed by atoms with van der Waals surface area (Å²) < 4.78 is 16.5. The molecule has 1 fully saturated rings. The lowest BCUT2D eigenvalue weighted by atomic mass is 9.89. The quantitative estimate of drug-likeness (QED) is 0.715. The van der Waals surface area contributed by atoms with Gasteiger partial charge in [0, 0.05) is 13.2 Å². The fourth-order valence-corrected chi connectivity index (χ4v) is 2.56. The minimum absolute atomic E-state index is 0.0220. The van der Waals surface area contributed by atoms with Crippen LogP contribution in [0.15, 0.2) is 0 Å². The van der Waals surface area contributed by atoms with E-state index < -0.39 is 0 Å². The van der Waals surface area contributed by atoms with E-state index in [-0.39, 0.29) is 36.2 Å². The lowest BCUT2D eigenvalue weighted by Gasteiger charge is -2.21. The molecule has 112 valence electrons.